The monoisotopic (exact) mass is 243 g/mol. The maximum atomic E-state index is 11.8. The van der Waals surface area contributed by atoms with Gasteiger partial charge < -0.3 is 4.90 Å². The van der Waals surface area contributed by atoms with Crippen LogP contribution in [0.15, 0.2) is 24.3 Å². The van der Waals surface area contributed by atoms with Gasteiger partial charge >= 0.3 is 0 Å². The number of nitriles is 1. The Labute approximate surface area is 107 Å². The van der Waals surface area contributed by atoms with Crippen LogP contribution in [0.2, 0.25) is 0 Å². The zero-order valence-corrected chi connectivity index (χ0v) is 10.7. The number of likely N-dealkylation sites (N-methyl/N-ethyl adjacent to an activating group) is 1. The summed E-state index contributed by atoms with van der Waals surface area (Å²) in [5, 5.41) is 12.1. The van der Waals surface area contributed by atoms with Crippen LogP contribution < -0.4 is 5.32 Å². The Morgan fingerprint density at radius 3 is 2.61 bits per heavy atom. The quantitative estimate of drug-likeness (QED) is 0.874. The molecule has 0 spiro atoms. The zero-order valence-electron chi connectivity index (χ0n) is 10.7. The van der Waals surface area contributed by atoms with Crippen LogP contribution >= 0.6 is 0 Å². The number of carbonyl (C=O) groups excluding carboxylic acids is 1. The van der Waals surface area contributed by atoms with Crippen molar-refractivity contribution in [1.82, 2.24) is 10.2 Å². The molecular weight excluding hydrogens is 226 g/mol. The molecule has 2 unspecified atom stereocenters. The van der Waals surface area contributed by atoms with E-state index in [1.54, 1.807) is 17.0 Å². The van der Waals surface area contributed by atoms with Gasteiger partial charge in [0.15, 0.2) is 0 Å². The summed E-state index contributed by atoms with van der Waals surface area (Å²) >= 11 is 0. The van der Waals surface area contributed by atoms with E-state index >= 15 is 0 Å². The van der Waals surface area contributed by atoms with E-state index in [0.717, 1.165) is 18.5 Å². The Bertz CT molecular complexity index is 475. The van der Waals surface area contributed by atoms with Crippen LogP contribution in [0.3, 0.4) is 0 Å². The number of carbonyl (C=O) groups is 1. The third kappa shape index (κ3) is 2.52. The van der Waals surface area contributed by atoms with Crippen molar-refractivity contribution in [2.24, 2.45) is 0 Å². The van der Waals surface area contributed by atoms with Gasteiger partial charge in [0, 0.05) is 19.6 Å². The van der Waals surface area contributed by atoms with E-state index in [-0.39, 0.29) is 18.0 Å². The second kappa shape index (κ2) is 5.19. The summed E-state index contributed by atoms with van der Waals surface area (Å²) in [5.74, 6) is 0.162. The lowest BCUT2D eigenvalue weighted by molar-refractivity contribution is -0.128. The molecule has 0 bridgehead atoms. The number of nitrogens with one attached hydrogen (secondary N) is 1. The summed E-state index contributed by atoms with van der Waals surface area (Å²) in [5.41, 5.74) is 1.75. The van der Waals surface area contributed by atoms with Crippen molar-refractivity contribution >= 4 is 5.91 Å². The average molecular weight is 243 g/mol. The highest BCUT2D eigenvalue weighted by Gasteiger charge is 2.29. The smallest absolute Gasteiger partial charge is 0.239 e. The molecule has 0 radical (unpaired) electrons. The first-order valence-corrected chi connectivity index (χ1v) is 6.13. The van der Waals surface area contributed by atoms with Crippen molar-refractivity contribution in [3.05, 3.63) is 35.4 Å². The van der Waals surface area contributed by atoms with Gasteiger partial charge in [0.2, 0.25) is 5.91 Å². The summed E-state index contributed by atoms with van der Waals surface area (Å²) in [6.07, 6.45) is 0.857. The maximum Gasteiger partial charge on any atom is 0.239 e. The lowest BCUT2D eigenvalue weighted by atomic mass is 10.1. The molecule has 18 heavy (non-hydrogen) atoms. The molecule has 0 aliphatic carbocycles. The maximum absolute atomic E-state index is 11.8. The molecule has 1 N–H and O–H groups in total. The minimum atomic E-state index is -0.0827. The SMILES string of the molecule is CC(NC1CCN(C)C1=O)c1ccc(C#N)cc1. The van der Waals surface area contributed by atoms with E-state index in [1.165, 1.54) is 0 Å². The number of benzene rings is 1. The van der Waals surface area contributed by atoms with E-state index in [2.05, 4.69) is 11.4 Å². The molecule has 1 aliphatic heterocycles. The van der Waals surface area contributed by atoms with Crippen LogP contribution in [-0.2, 0) is 4.79 Å². The van der Waals surface area contributed by atoms with Crippen molar-refractivity contribution in [3.8, 4) is 6.07 Å². The van der Waals surface area contributed by atoms with E-state index in [1.807, 2.05) is 26.1 Å². The fourth-order valence-electron chi connectivity index (χ4n) is 2.22. The summed E-state index contributed by atoms with van der Waals surface area (Å²) in [7, 11) is 1.83. The first kappa shape index (κ1) is 12.6. The molecule has 1 aromatic rings. The molecule has 2 atom stereocenters. The van der Waals surface area contributed by atoms with Crippen molar-refractivity contribution in [2.45, 2.75) is 25.4 Å². The number of hydrogen-bond acceptors (Lipinski definition) is 3. The normalized spacial score (nSPS) is 20.8. The van der Waals surface area contributed by atoms with Crippen molar-refractivity contribution < 1.29 is 4.79 Å². The molecular formula is C14H17N3O. The minimum absolute atomic E-state index is 0.0827. The van der Waals surface area contributed by atoms with E-state index in [4.69, 9.17) is 5.26 Å². The highest BCUT2D eigenvalue weighted by Crippen LogP contribution is 2.17. The van der Waals surface area contributed by atoms with Crippen LogP contribution in [0.5, 0.6) is 0 Å². The van der Waals surface area contributed by atoms with Gasteiger partial charge in [0.1, 0.15) is 0 Å². The third-order valence-corrected chi connectivity index (χ3v) is 3.42. The highest BCUT2D eigenvalue weighted by molar-refractivity contribution is 5.83. The molecule has 1 heterocycles. The molecule has 1 fully saturated rings. The van der Waals surface area contributed by atoms with Gasteiger partial charge in [0.05, 0.1) is 17.7 Å². The van der Waals surface area contributed by atoms with Crippen molar-refractivity contribution in [2.75, 3.05) is 13.6 Å². The Balaban J connectivity index is 2.01. The van der Waals surface area contributed by atoms with Gasteiger partial charge in [-0.25, -0.2) is 0 Å². The lowest BCUT2D eigenvalue weighted by Gasteiger charge is -2.18. The predicted molar refractivity (Wildman–Crippen MR) is 68.7 cm³/mol. The number of likely N-dealkylation sites (tertiary alicyclic amines) is 1. The summed E-state index contributed by atoms with van der Waals surface area (Å²) in [6, 6.07) is 9.59. The lowest BCUT2D eigenvalue weighted by Crippen LogP contribution is -2.38. The first-order chi connectivity index (χ1) is 8.61. The van der Waals surface area contributed by atoms with Gasteiger partial charge in [-0.2, -0.15) is 5.26 Å². The van der Waals surface area contributed by atoms with Crippen LogP contribution in [0.4, 0.5) is 0 Å². The zero-order chi connectivity index (χ0) is 13.1. The van der Waals surface area contributed by atoms with Crippen molar-refractivity contribution in [1.29, 1.82) is 5.26 Å². The number of rotatable bonds is 3. The summed E-state index contributed by atoms with van der Waals surface area (Å²) < 4.78 is 0. The molecule has 1 saturated heterocycles. The fourth-order valence-corrected chi connectivity index (χ4v) is 2.22. The third-order valence-electron chi connectivity index (χ3n) is 3.42. The van der Waals surface area contributed by atoms with E-state index in [0.29, 0.717) is 5.56 Å². The largest absolute Gasteiger partial charge is 0.344 e. The molecule has 2 rings (SSSR count). The Kier molecular flexibility index (Phi) is 3.63. The Morgan fingerprint density at radius 2 is 2.11 bits per heavy atom. The second-order valence-electron chi connectivity index (χ2n) is 4.72. The van der Waals surface area contributed by atoms with Gasteiger partial charge in [-0.05, 0) is 31.0 Å². The van der Waals surface area contributed by atoms with Crippen LogP contribution in [0.25, 0.3) is 0 Å². The Morgan fingerprint density at radius 1 is 1.44 bits per heavy atom. The molecule has 94 valence electrons. The minimum Gasteiger partial charge on any atom is -0.344 e. The second-order valence-corrected chi connectivity index (χ2v) is 4.72. The highest BCUT2D eigenvalue weighted by atomic mass is 16.2. The predicted octanol–water partition coefficient (Wildman–Crippen LogP) is 1.44. The van der Waals surface area contributed by atoms with Crippen LogP contribution in [-0.4, -0.2) is 30.4 Å². The van der Waals surface area contributed by atoms with E-state index in [9.17, 15) is 4.79 Å². The summed E-state index contributed by atoms with van der Waals surface area (Å²) in [6.45, 7) is 2.85. The molecule has 1 amide bonds. The average Bonchev–Trinajstić information content (AvgIpc) is 2.71. The standard InChI is InChI=1S/C14H17N3O/c1-10(12-5-3-11(9-15)4-6-12)16-13-7-8-17(2)14(13)18/h3-6,10,13,16H,7-8H2,1-2H3. The molecule has 0 aromatic heterocycles. The number of hydrogen-bond donors (Lipinski definition) is 1. The van der Waals surface area contributed by atoms with Gasteiger partial charge in [-0.15, -0.1) is 0 Å². The Hall–Kier alpha value is -1.86. The van der Waals surface area contributed by atoms with Crippen LogP contribution in [0, 0.1) is 11.3 Å². The molecule has 4 nitrogen and oxygen atoms in total. The van der Waals surface area contributed by atoms with E-state index < -0.39 is 0 Å². The molecule has 0 saturated carbocycles. The first-order valence-electron chi connectivity index (χ1n) is 6.13. The van der Waals surface area contributed by atoms with Crippen molar-refractivity contribution in [3.63, 3.8) is 0 Å². The number of nitrogens with zero attached hydrogens (tertiary/aromatic N) is 2. The van der Waals surface area contributed by atoms with Gasteiger partial charge in [-0.3, -0.25) is 10.1 Å². The molecule has 1 aromatic carbocycles. The van der Waals surface area contributed by atoms with Gasteiger partial charge in [-0.1, -0.05) is 12.1 Å². The topological polar surface area (TPSA) is 56.1 Å². The number of amides is 1. The van der Waals surface area contributed by atoms with Gasteiger partial charge in [0.25, 0.3) is 0 Å². The van der Waals surface area contributed by atoms with Crippen LogP contribution in [0.1, 0.15) is 30.5 Å². The summed E-state index contributed by atoms with van der Waals surface area (Å²) in [4.78, 5) is 13.5. The molecule has 1 aliphatic rings. The fraction of sp³-hybridized carbons (Fsp3) is 0.429. The molecule has 4 heteroatoms.